The van der Waals surface area contributed by atoms with Gasteiger partial charge in [0.05, 0.1) is 11.3 Å². The first kappa shape index (κ1) is 32.6. The number of anilines is 2. The largest absolute Gasteiger partial charge is 0.490 e. The lowest BCUT2D eigenvalue weighted by Gasteiger charge is -2.38. The molecule has 2 aromatic carbocycles. The predicted octanol–water partition coefficient (Wildman–Crippen LogP) is 4.91. The Kier molecular flexibility index (Phi) is 12.4. The van der Waals surface area contributed by atoms with Crippen LogP contribution in [0.5, 0.6) is 0 Å². The normalized spacial score (nSPS) is 13.9. The third kappa shape index (κ3) is 10.2. The molecule has 40 heavy (non-hydrogen) atoms. The van der Waals surface area contributed by atoms with Crippen molar-refractivity contribution >= 4 is 29.2 Å². The van der Waals surface area contributed by atoms with Crippen molar-refractivity contribution in [3.63, 3.8) is 0 Å². The summed E-state index contributed by atoms with van der Waals surface area (Å²) in [5.74, 6) is -4.01. The fourth-order valence-corrected chi connectivity index (χ4v) is 4.26. The van der Waals surface area contributed by atoms with E-state index in [2.05, 4.69) is 22.2 Å². The SMILES string of the molecule is CCOCCCN(C)C1CCN(c2ccc(NC(=O)c3ccc(C)cc3)cc2C(=O)O)CC1.O=C(O)C(F)(F)F. The zero-order valence-corrected chi connectivity index (χ0v) is 22.8. The van der Waals surface area contributed by atoms with Crippen molar-refractivity contribution in [1.29, 1.82) is 0 Å². The molecule has 3 rings (SSSR count). The predicted molar refractivity (Wildman–Crippen MR) is 145 cm³/mol. The minimum atomic E-state index is -5.08. The number of nitrogens with zero attached hydrogens (tertiary/aromatic N) is 2. The summed E-state index contributed by atoms with van der Waals surface area (Å²) < 4.78 is 37.2. The van der Waals surface area contributed by atoms with Gasteiger partial charge in [-0.25, -0.2) is 9.59 Å². The molecule has 1 saturated heterocycles. The third-order valence-corrected chi connectivity index (χ3v) is 6.47. The lowest BCUT2D eigenvalue weighted by atomic mass is 10.0. The Hall–Kier alpha value is -3.64. The Bertz CT molecular complexity index is 1130. The van der Waals surface area contributed by atoms with Gasteiger partial charge >= 0.3 is 18.1 Å². The van der Waals surface area contributed by atoms with Gasteiger partial charge in [-0.3, -0.25) is 4.79 Å². The Balaban J connectivity index is 0.000000708. The standard InChI is InChI=1S/C26H35N3O4.C2HF3O2/c1-4-33-17-5-14-28(3)22-12-15-29(16-13-22)24-11-10-21(18-23(24)26(31)32)27-25(30)20-8-6-19(2)7-9-20;3-2(4,5)1(6)7/h6-11,18,22H,4-5,12-17H2,1-3H3,(H,27,30)(H,31,32);(H,6,7). The molecule has 0 unspecified atom stereocenters. The van der Waals surface area contributed by atoms with Crippen LogP contribution in [0.1, 0.15) is 52.5 Å². The van der Waals surface area contributed by atoms with Crippen molar-refractivity contribution in [2.45, 2.75) is 45.3 Å². The zero-order chi connectivity index (χ0) is 29.9. The molecule has 1 aliphatic rings. The summed E-state index contributed by atoms with van der Waals surface area (Å²) in [4.78, 5) is 37.9. The zero-order valence-electron chi connectivity index (χ0n) is 22.8. The van der Waals surface area contributed by atoms with Crippen LogP contribution in [0.25, 0.3) is 0 Å². The van der Waals surface area contributed by atoms with Crippen LogP contribution in [0.2, 0.25) is 0 Å². The molecule has 0 radical (unpaired) electrons. The number of carbonyl (C=O) groups excluding carboxylic acids is 1. The monoisotopic (exact) mass is 567 g/mol. The van der Waals surface area contributed by atoms with E-state index in [1.807, 2.05) is 26.0 Å². The second-order valence-electron chi connectivity index (χ2n) is 9.41. The van der Waals surface area contributed by atoms with Crippen LogP contribution in [0.3, 0.4) is 0 Å². The third-order valence-electron chi connectivity index (χ3n) is 6.47. The first-order chi connectivity index (χ1) is 18.8. The van der Waals surface area contributed by atoms with E-state index in [4.69, 9.17) is 14.6 Å². The summed E-state index contributed by atoms with van der Waals surface area (Å²) >= 11 is 0. The van der Waals surface area contributed by atoms with E-state index in [1.54, 1.807) is 30.3 Å². The minimum absolute atomic E-state index is 0.209. The van der Waals surface area contributed by atoms with Crippen molar-refractivity contribution in [3.8, 4) is 0 Å². The molecule has 1 fully saturated rings. The lowest BCUT2D eigenvalue weighted by molar-refractivity contribution is -0.192. The Labute approximate surface area is 231 Å². The fourth-order valence-electron chi connectivity index (χ4n) is 4.26. The van der Waals surface area contributed by atoms with Gasteiger partial charge in [-0.2, -0.15) is 13.2 Å². The van der Waals surface area contributed by atoms with Crippen LogP contribution in [-0.4, -0.2) is 85.1 Å². The molecule has 220 valence electrons. The number of hydrogen-bond acceptors (Lipinski definition) is 6. The number of aromatic carboxylic acids is 1. The van der Waals surface area contributed by atoms with Gasteiger partial charge in [0.15, 0.2) is 0 Å². The molecule has 0 aromatic heterocycles. The summed E-state index contributed by atoms with van der Waals surface area (Å²) in [5, 5.41) is 19.8. The minimum Gasteiger partial charge on any atom is -0.478 e. The van der Waals surface area contributed by atoms with Crippen LogP contribution in [0.15, 0.2) is 42.5 Å². The van der Waals surface area contributed by atoms with E-state index in [-0.39, 0.29) is 11.5 Å². The van der Waals surface area contributed by atoms with E-state index < -0.39 is 18.1 Å². The van der Waals surface area contributed by atoms with Gasteiger partial charge in [0, 0.05) is 50.1 Å². The van der Waals surface area contributed by atoms with Crippen molar-refractivity contribution < 1.29 is 42.5 Å². The maximum atomic E-state index is 12.5. The van der Waals surface area contributed by atoms with Gasteiger partial charge in [0.1, 0.15) is 0 Å². The van der Waals surface area contributed by atoms with E-state index in [0.29, 0.717) is 23.0 Å². The fraction of sp³-hybridized carbons (Fsp3) is 0.464. The summed E-state index contributed by atoms with van der Waals surface area (Å²) in [5.41, 5.74) is 3.00. The second kappa shape index (κ2) is 15.2. The molecule has 1 heterocycles. The van der Waals surface area contributed by atoms with Crippen molar-refractivity contribution in [2.24, 2.45) is 0 Å². The van der Waals surface area contributed by atoms with Gasteiger partial charge in [-0.05, 0) is 70.5 Å². The molecule has 0 atom stereocenters. The van der Waals surface area contributed by atoms with Crippen LogP contribution in [0.4, 0.5) is 24.5 Å². The van der Waals surface area contributed by atoms with Crippen molar-refractivity contribution in [3.05, 3.63) is 59.2 Å². The summed E-state index contributed by atoms with van der Waals surface area (Å²) in [6, 6.07) is 12.9. The molecule has 3 N–H and O–H groups in total. The van der Waals surface area contributed by atoms with Gasteiger partial charge in [-0.15, -0.1) is 0 Å². The highest BCUT2D eigenvalue weighted by molar-refractivity contribution is 6.05. The molecule has 1 aliphatic heterocycles. The lowest BCUT2D eigenvalue weighted by Crippen LogP contribution is -2.44. The van der Waals surface area contributed by atoms with Gasteiger partial charge in [0.25, 0.3) is 5.91 Å². The number of hydrogen-bond donors (Lipinski definition) is 3. The smallest absolute Gasteiger partial charge is 0.478 e. The number of piperidine rings is 1. The van der Waals surface area contributed by atoms with Gasteiger partial charge < -0.3 is 30.1 Å². The number of aryl methyl sites for hydroxylation is 1. The number of rotatable bonds is 10. The highest BCUT2D eigenvalue weighted by Gasteiger charge is 2.38. The number of benzene rings is 2. The molecule has 0 bridgehead atoms. The Morgan fingerprint density at radius 2 is 1.68 bits per heavy atom. The van der Waals surface area contributed by atoms with Crippen LogP contribution in [-0.2, 0) is 9.53 Å². The molecule has 0 saturated carbocycles. The number of carbonyl (C=O) groups is 3. The van der Waals surface area contributed by atoms with Crippen LogP contribution in [0, 0.1) is 6.92 Å². The first-order valence-corrected chi connectivity index (χ1v) is 12.9. The average Bonchev–Trinajstić information content (AvgIpc) is 2.91. The number of carboxylic acids is 2. The second-order valence-corrected chi connectivity index (χ2v) is 9.41. The van der Waals surface area contributed by atoms with Gasteiger partial charge in [-0.1, -0.05) is 17.7 Å². The molecule has 1 amide bonds. The van der Waals surface area contributed by atoms with Crippen LogP contribution >= 0.6 is 0 Å². The molecular formula is C28H36F3N3O6. The number of aliphatic carboxylic acids is 1. The average molecular weight is 568 g/mol. The topological polar surface area (TPSA) is 119 Å². The molecule has 0 aliphatic carbocycles. The summed E-state index contributed by atoms with van der Waals surface area (Å²) in [7, 11) is 2.15. The molecule has 9 nitrogen and oxygen atoms in total. The molecular weight excluding hydrogens is 531 g/mol. The summed E-state index contributed by atoms with van der Waals surface area (Å²) in [6.07, 6.45) is -2.10. The number of nitrogens with one attached hydrogen (secondary N) is 1. The number of amides is 1. The van der Waals surface area contributed by atoms with Gasteiger partial charge in [0.2, 0.25) is 0 Å². The van der Waals surface area contributed by atoms with Crippen molar-refractivity contribution in [2.75, 3.05) is 50.1 Å². The van der Waals surface area contributed by atoms with E-state index in [1.165, 1.54) is 0 Å². The summed E-state index contributed by atoms with van der Waals surface area (Å²) in [6.45, 7) is 8.11. The molecule has 2 aromatic rings. The van der Waals surface area contributed by atoms with E-state index >= 15 is 0 Å². The number of alkyl halides is 3. The molecule has 0 spiro atoms. The molecule has 12 heteroatoms. The van der Waals surface area contributed by atoms with E-state index in [0.717, 1.165) is 57.7 Å². The van der Waals surface area contributed by atoms with E-state index in [9.17, 15) is 27.9 Å². The maximum Gasteiger partial charge on any atom is 0.490 e. The number of halogens is 3. The quantitative estimate of drug-likeness (QED) is 0.347. The van der Waals surface area contributed by atoms with Crippen LogP contribution < -0.4 is 10.2 Å². The number of carboxylic acid groups (broad SMARTS) is 2. The highest BCUT2D eigenvalue weighted by atomic mass is 19.4. The number of ether oxygens (including phenoxy) is 1. The van der Waals surface area contributed by atoms with Crippen molar-refractivity contribution in [1.82, 2.24) is 4.90 Å². The Morgan fingerprint density at radius 1 is 1.07 bits per heavy atom. The Morgan fingerprint density at radius 3 is 2.20 bits per heavy atom. The first-order valence-electron chi connectivity index (χ1n) is 12.9. The maximum absolute atomic E-state index is 12.5. The highest BCUT2D eigenvalue weighted by Crippen LogP contribution is 2.28.